The molecule has 0 radical (unpaired) electrons. The molecule has 0 spiro atoms. The van der Waals surface area contributed by atoms with E-state index < -0.39 is 5.91 Å². The van der Waals surface area contributed by atoms with Crippen LogP contribution in [0.2, 0.25) is 0 Å². The highest BCUT2D eigenvalue weighted by Crippen LogP contribution is 2.15. The molecule has 32 heavy (non-hydrogen) atoms. The minimum absolute atomic E-state index is 0.175. The number of hydrogen-bond acceptors (Lipinski definition) is 8. The average Bonchev–Trinajstić information content (AvgIpc) is 3.43. The number of thioether (sulfide) groups is 1. The number of nitrogens with one attached hydrogen (secondary N) is 2. The molecule has 8 nitrogen and oxygen atoms in total. The van der Waals surface area contributed by atoms with Gasteiger partial charge in [0.1, 0.15) is 21.8 Å². The molecule has 2 aromatic rings. The lowest BCUT2D eigenvalue weighted by atomic mass is 10.1. The second kappa shape index (κ2) is 11.5. The van der Waals surface area contributed by atoms with E-state index in [0.29, 0.717) is 11.1 Å². The topological polar surface area (TPSA) is 114 Å². The van der Waals surface area contributed by atoms with Crippen LogP contribution in [0.4, 0.5) is 5.69 Å². The minimum Gasteiger partial charge on any atom is -0.360 e. The zero-order chi connectivity index (χ0) is 22.9. The van der Waals surface area contributed by atoms with Crippen molar-refractivity contribution >= 4 is 46.5 Å². The number of amides is 1. The number of carbonyl (C=O) groups is 1. The Morgan fingerprint density at radius 1 is 1.34 bits per heavy atom. The van der Waals surface area contributed by atoms with E-state index in [1.807, 2.05) is 30.0 Å². The lowest BCUT2D eigenvalue weighted by Crippen LogP contribution is -2.34. The Morgan fingerprint density at radius 2 is 2.19 bits per heavy atom. The van der Waals surface area contributed by atoms with E-state index >= 15 is 0 Å². The molecule has 166 valence electrons. The first kappa shape index (κ1) is 23.6. The Bertz CT molecular complexity index is 1230. The second-order valence-corrected chi connectivity index (χ2v) is 9.15. The van der Waals surface area contributed by atoms with Crippen molar-refractivity contribution in [2.24, 2.45) is 0 Å². The number of benzene rings is 1. The molecular weight excluding hydrogens is 444 g/mol. The van der Waals surface area contributed by atoms with E-state index in [2.05, 4.69) is 27.7 Å². The molecule has 1 amide bonds. The molecule has 0 saturated carbocycles. The van der Waals surface area contributed by atoms with Gasteiger partial charge in [-0.15, -0.1) is 23.1 Å². The quantitative estimate of drug-likeness (QED) is 0.547. The van der Waals surface area contributed by atoms with E-state index in [1.54, 1.807) is 19.2 Å². The smallest absolute Gasteiger partial charge is 0.270 e. The van der Waals surface area contributed by atoms with Crippen LogP contribution in [0.25, 0.3) is 11.8 Å². The number of hydrogen-bond donors (Lipinski definition) is 2. The molecule has 0 aliphatic carbocycles. The Balaban J connectivity index is 1.85. The molecule has 10 heteroatoms. The van der Waals surface area contributed by atoms with Crippen LogP contribution in [0.3, 0.4) is 0 Å². The van der Waals surface area contributed by atoms with Crippen LogP contribution >= 0.6 is 23.1 Å². The molecule has 2 N–H and O–H groups in total. The van der Waals surface area contributed by atoms with Gasteiger partial charge in [0.15, 0.2) is 5.57 Å². The first-order valence-electron chi connectivity index (χ1n) is 10.2. The summed E-state index contributed by atoms with van der Waals surface area (Å²) in [6, 6.07) is 11.7. The number of rotatable bonds is 8. The summed E-state index contributed by atoms with van der Waals surface area (Å²) in [5, 5.41) is 23.6. The maximum Gasteiger partial charge on any atom is 0.270 e. The Morgan fingerprint density at radius 3 is 2.88 bits per heavy atom. The van der Waals surface area contributed by atoms with Crippen molar-refractivity contribution in [3.8, 4) is 12.1 Å². The van der Waals surface area contributed by atoms with E-state index in [0.717, 1.165) is 42.4 Å². The van der Waals surface area contributed by atoms with E-state index in [4.69, 9.17) is 5.26 Å². The Labute approximate surface area is 194 Å². The van der Waals surface area contributed by atoms with Gasteiger partial charge in [0.2, 0.25) is 0 Å². The SMILES string of the molecule is CCn1c(=C(C#N)C(=O)NCC#N)sc(=CNc2cccc(CCN3CCSC3)c2)c1=O. The number of anilines is 1. The van der Waals surface area contributed by atoms with Gasteiger partial charge in [-0.25, -0.2) is 0 Å². The maximum absolute atomic E-state index is 12.8. The number of nitrogens with zero attached hydrogens (tertiary/aromatic N) is 4. The third-order valence-corrected chi connectivity index (χ3v) is 7.09. The van der Waals surface area contributed by atoms with Crippen LogP contribution in [0.5, 0.6) is 0 Å². The van der Waals surface area contributed by atoms with Gasteiger partial charge >= 0.3 is 0 Å². The molecule has 0 unspecified atom stereocenters. The summed E-state index contributed by atoms with van der Waals surface area (Å²) in [6.45, 7) is 4.05. The summed E-state index contributed by atoms with van der Waals surface area (Å²) in [4.78, 5) is 27.5. The molecule has 3 rings (SSSR count). The van der Waals surface area contributed by atoms with E-state index in [9.17, 15) is 14.9 Å². The number of aromatic nitrogens is 1. The molecule has 0 atom stereocenters. The monoisotopic (exact) mass is 468 g/mol. The minimum atomic E-state index is -0.666. The van der Waals surface area contributed by atoms with Crippen molar-refractivity contribution in [2.45, 2.75) is 19.9 Å². The number of thiazole rings is 1. The normalized spacial score (nSPS) is 15.2. The van der Waals surface area contributed by atoms with Crippen molar-refractivity contribution in [2.75, 3.05) is 36.6 Å². The van der Waals surface area contributed by atoms with Crippen LogP contribution < -0.4 is 25.4 Å². The Hall–Kier alpha value is -3.05. The lowest BCUT2D eigenvalue weighted by molar-refractivity contribution is -0.115. The highest BCUT2D eigenvalue weighted by atomic mass is 32.2. The van der Waals surface area contributed by atoms with Gasteiger partial charge in [-0.2, -0.15) is 10.5 Å². The number of carbonyl (C=O) groups excluding carboxylic acids is 1. The van der Waals surface area contributed by atoms with Crippen LogP contribution in [-0.2, 0) is 17.8 Å². The van der Waals surface area contributed by atoms with Crippen LogP contribution in [0, 0.1) is 22.7 Å². The highest BCUT2D eigenvalue weighted by Gasteiger charge is 2.15. The largest absolute Gasteiger partial charge is 0.360 e. The van der Waals surface area contributed by atoms with Gasteiger partial charge in [0.25, 0.3) is 11.5 Å². The summed E-state index contributed by atoms with van der Waals surface area (Å²) in [6.07, 6.45) is 2.57. The molecular formula is C22H24N6O2S2. The maximum atomic E-state index is 12.8. The molecule has 1 fully saturated rings. The van der Waals surface area contributed by atoms with Crippen LogP contribution in [0.15, 0.2) is 29.1 Å². The van der Waals surface area contributed by atoms with Crippen molar-refractivity contribution in [1.29, 1.82) is 10.5 Å². The standard InChI is InChI=1S/C22H24N6O2S2/c1-2-28-21(30)19(32-22(28)18(13-24)20(29)25-8-7-23)14-26-17-5-3-4-16(12-17)6-9-27-10-11-31-15-27/h3-5,12,14,26H,2,6,8-11,15H2,1H3,(H,25,29). The molecule has 1 aliphatic rings. The van der Waals surface area contributed by atoms with E-state index in [1.165, 1.54) is 15.9 Å². The summed E-state index contributed by atoms with van der Waals surface area (Å²) in [7, 11) is 0. The molecule has 2 heterocycles. The van der Waals surface area contributed by atoms with Crippen molar-refractivity contribution in [3.63, 3.8) is 0 Å². The fourth-order valence-electron chi connectivity index (χ4n) is 3.28. The van der Waals surface area contributed by atoms with Crippen molar-refractivity contribution < 1.29 is 4.79 Å². The summed E-state index contributed by atoms with van der Waals surface area (Å²) in [5.41, 5.74) is 1.63. The molecule has 1 saturated heterocycles. The van der Waals surface area contributed by atoms with Gasteiger partial charge in [-0.05, 0) is 31.0 Å². The van der Waals surface area contributed by atoms with Gasteiger partial charge in [-0.3, -0.25) is 19.1 Å². The predicted octanol–water partition coefficient (Wildman–Crippen LogP) is 0.643. The summed E-state index contributed by atoms with van der Waals surface area (Å²) in [5.74, 6) is 1.62. The third-order valence-electron chi connectivity index (χ3n) is 4.94. The van der Waals surface area contributed by atoms with Crippen LogP contribution in [-0.4, -0.2) is 46.6 Å². The average molecular weight is 469 g/mol. The molecule has 0 bridgehead atoms. The zero-order valence-electron chi connectivity index (χ0n) is 17.8. The zero-order valence-corrected chi connectivity index (χ0v) is 19.4. The third kappa shape index (κ3) is 5.80. The fraction of sp³-hybridized carbons (Fsp3) is 0.364. The first-order valence-corrected chi connectivity index (χ1v) is 12.2. The van der Waals surface area contributed by atoms with E-state index in [-0.39, 0.29) is 22.3 Å². The van der Waals surface area contributed by atoms with Crippen molar-refractivity contribution in [3.05, 3.63) is 49.4 Å². The summed E-state index contributed by atoms with van der Waals surface area (Å²) >= 11 is 3.03. The predicted molar refractivity (Wildman–Crippen MR) is 128 cm³/mol. The van der Waals surface area contributed by atoms with Crippen LogP contribution in [0.1, 0.15) is 12.5 Å². The first-order chi connectivity index (χ1) is 15.6. The summed E-state index contributed by atoms with van der Waals surface area (Å²) < 4.78 is 2.07. The molecule has 1 aromatic carbocycles. The Kier molecular flexibility index (Phi) is 8.51. The lowest BCUT2D eigenvalue weighted by Gasteiger charge is -2.13. The fourth-order valence-corrected chi connectivity index (χ4v) is 5.40. The molecule has 1 aliphatic heterocycles. The van der Waals surface area contributed by atoms with Gasteiger partial charge in [-0.1, -0.05) is 12.1 Å². The molecule has 1 aromatic heterocycles. The van der Waals surface area contributed by atoms with Crippen molar-refractivity contribution in [1.82, 2.24) is 14.8 Å². The van der Waals surface area contributed by atoms with Gasteiger partial charge in [0, 0.05) is 43.2 Å². The van der Waals surface area contributed by atoms with Gasteiger partial charge < -0.3 is 10.6 Å². The second-order valence-electron chi connectivity index (χ2n) is 7.04. The number of nitriles is 2. The highest BCUT2D eigenvalue weighted by molar-refractivity contribution is 7.99. The van der Waals surface area contributed by atoms with Gasteiger partial charge in [0.05, 0.1) is 6.07 Å².